The molecule has 1 atom stereocenters. The number of ether oxygens (including phenoxy) is 1. The fourth-order valence-electron chi connectivity index (χ4n) is 3.86. The highest BCUT2D eigenvalue weighted by Crippen LogP contribution is 2.58. The van der Waals surface area contributed by atoms with Gasteiger partial charge in [-0.25, -0.2) is 13.1 Å². The minimum Gasteiger partial charge on any atom is -0.495 e. The molecule has 0 bridgehead atoms. The summed E-state index contributed by atoms with van der Waals surface area (Å²) in [5.74, 6) is 0.415. The van der Waals surface area contributed by atoms with Crippen molar-refractivity contribution in [1.29, 1.82) is 0 Å². The highest BCUT2D eigenvalue weighted by Gasteiger charge is 2.57. The molecule has 1 spiro atoms. The molecule has 4 rings (SSSR count). The molecular formula is C18H25N3O4S. The SMILES string of the molecule is COc1ccc(S(=O)(=O)NC2CC2)cc1NC(=O)C1CC12CCNCC2. The number of hydrogen-bond donors (Lipinski definition) is 3. The van der Waals surface area contributed by atoms with E-state index in [4.69, 9.17) is 4.74 Å². The Hall–Kier alpha value is -1.64. The number of benzene rings is 1. The number of hydrogen-bond acceptors (Lipinski definition) is 5. The highest BCUT2D eigenvalue weighted by molar-refractivity contribution is 7.89. The van der Waals surface area contributed by atoms with Crippen molar-refractivity contribution in [2.75, 3.05) is 25.5 Å². The average molecular weight is 379 g/mol. The molecule has 1 unspecified atom stereocenters. The standard InChI is InChI=1S/C18H25N3O4S/c1-25-16-5-4-13(26(23,24)21-12-2-3-12)10-15(16)20-17(22)14-11-18(14)6-8-19-9-7-18/h4-5,10,12,14,19,21H,2-3,6-9,11H2,1H3,(H,20,22). The number of nitrogens with one attached hydrogen (secondary N) is 3. The van der Waals surface area contributed by atoms with Crippen LogP contribution < -0.4 is 20.1 Å². The Morgan fingerprint density at radius 3 is 2.65 bits per heavy atom. The fraction of sp³-hybridized carbons (Fsp3) is 0.611. The molecule has 8 heteroatoms. The monoisotopic (exact) mass is 379 g/mol. The summed E-state index contributed by atoms with van der Waals surface area (Å²) in [6.07, 6.45) is 4.68. The Morgan fingerprint density at radius 1 is 1.27 bits per heavy atom. The maximum absolute atomic E-state index is 12.7. The zero-order chi connectivity index (χ0) is 18.4. The van der Waals surface area contributed by atoms with Crippen LogP contribution in [-0.4, -0.2) is 40.6 Å². The Morgan fingerprint density at radius 2 is 2.00 bits per heavy atom. The number of rotatable bonds is 6. The number of piperidine rings is 1. The fourth-order valence-corrected chi connectivity index (χ4v) is 5.19. The minimum absolute atomic E-state index is 0.000779. The molecule has 0 radical (unpaired) electrons. The zero-order valence-electron chi connectivity index (χ0n) is 14.9. The second-order valence-corrected chi connectivity index (χ2v) is 9.33. The van der Waals surface area contributed by atoms with E-state index in [-0.39, 0.29) is 28.2 Å². The van der Waals surface area contributed by atoms with Gasteiger partial charge in [-0.05, 0) is 68.8 Å². The number of methoxy groups -OCH3 is 1. The lowest BCUT2D eigenvalue weighted by molar-refractivity contribution is -0.118. The topological polar surface area (TPSA) is 96.5 Å². The van der Waals surface area contributed by atoms with Gasteiger partial charge < -0.3 is 15.4 Å². The lowest BCUT2D eigenvalue weighted by atomic mass is 9.92. The molecule has 1 saturated heterocycles. The van der Waals surface area contributed by atoms with E-state index in [1.807, 2.05) is 0 Å². The summed E-state index contributed by atoms with van der Waals surface area (Å²) in [5.41, 5.74) is 0.534. The summed E-state index contributed by atoms with van der Waals surface area (Å²) in [6.45, 7) is 1.90. The smallest absolute Gasteiger partial charge is 0.240 e. The second kappa shape index (κ2) is 6.51. The van der Waals surface area contributed by atoms with Crippen molar-refractivity contribution in [3.05, 3.63) is 18.2 Å². The summed E-state index contributed by atoms with van der Waals surface area (Å²) in [6, 6.07) is 4.61. The summed E-state index contributed by atoms with van der Waals surface area (Å²) in [4.78, 5) is 12.9. The van der Waals surface area contributed by atoms with Crippen molar-refractivity contribution in [1.82, 2.24) is 10.0 Å². The summed E-state index contributed by atoms with van der Waals surface area (Å²) in [5, 5.41) is 6.23. The van der Waals surface area contributed by atoms with Crippen LogP contribution in [0.4, 0.5) is 5.69 Å². The van der Waals surface area contributed by atoms with Crippen LogP contribution in [0.25, 0.3) is 0 Å². The third-order valence-corrected chi connectivity index (χ3v) is 7.26. The summed E-state index contributed by atoms with van der Waals surface area (Å²) < 4.78 is 32.8. The molecule has 3 fully saturated rings. The lowest BCUT2D eigenvalue weighted by Crippen LogP contribution is -2.31. The van der Waals surface area contributed by atoms with Gasteiger partial charge in [0.1, 0.15) is 5.75 Å². The van der Waals surface area contributed by atoms with Crippen LogP contribution in [0.2, 0.25) is 0 Å². The largest absolute Gasteiger partial charge is 0.495 e. The molecule has 1 heterocycles. The van der Waals surface area contributed by atoms with Crippen molar-refractivity contribution in [3.8, 4) is 5.75 Å². The molecule has 1 aromatic carbocycles. The van der Waals surface area contributed by atoms with Crippen LogP contribution in [0, 0.1) is 11.3 Å². The predicted molar refractivity (Wildman–Crippen MR) is 97.6 cm³/mol. The van der Waals surface area contributed by atoms with Gasteiger partial charge in [-0.1, -0.05) is 0 Å². The van der Waals surface area contributed by atoms with E-state index in [9.17, 15) is 13.2 Å². The predicted octanol–water partition coefficient (Wildman–Crippen LogP) is 1.46. The van der Waals surface area contributed by atoms with Crippen molar-refractivity contribution in [2.45, 2.75) is 43.0 Å². The van der Waals surface area contributed by atoms with Gasteiger partial charge in [0.2, 0.25) is 15.9 Å². The van der Waals surface area contributed by atoms with Crippen LogP contribution in [-0.2, 0) is 14.8 Å². The molecule has 1 aromatic rings. The van der Waals surface area contributed by atoms with Gasteiger partial charge in [0, 0.05) is 12.0 Å². The highest BCUT2D eigenvalue weighted by atomic mass is 32.2. The number of anilines is 1. The molecule has 1 aliphatic heterocycles. The van der Waals surface area contributed by atoms with E-state index in [1.165, 1.54) is 19.2 Å². The Balaban J connectivity index is 1.51. The Kier molecular flexibility index (Phi) is 4.45. The quantitative estimate of drug-likeness (QED) is 0.695. The molecule has 0 aromatic heterocycles. The van der Waals surface area contributed by atoms with Crippen LogP contribution >= 0.6 is 0 Å². The van der Waals surface area contributed by atoms with E-state index >= 15 is 0 Å². The zero-order valence-corrected chi connectivity index (χ0v) is 15.7. The first kappa shape index (κ1) is 17.8. The molecular weight excluding hydrogens is 354 g/mol. The van der Waals surface area contributed by atoms with Gasteiger partial charge in [0.15, 0.2) is 0 Å². The first-order chi connectivity index (χ1) is 12.4. The minimum atomic E-state index is -3.58. The molecule has 2 aliphatic carbocycles. The molecule has 26 heavy (non-hydrogen) atoms. The van der Waals surface area contributed by atoms with Crippen molar-refractivity contribution in [3.63, 3.8) is 0 Å². The van der Waals surface area contributed by atoms with Gasteiger partial charge >= 0.3 is 0 Å². The van der Waals surface area contributed by atoms with Crippen LogP contribution in [0.15, 0.2) is 23.1 Å². The van der Waals surface area contributed by atoms with Crippen LogP contribution in [0.1, 0.15) is 32.1 Å². The number of sulfonamides is 1. The maximum Gasteiger partial charge on any atom is 0.240 e. The van der Waals surface area contributed by atoms with Crippen LogP contribution in [0.5, 0.6) is 5.75 Å². The van der Waals surface area contributed by atoms with Gasteiger partial charge in [0.25, 0.3) is 0 Å². The van der Waals surface area contributed by atoms with Gasteiger partial charge in [-0.3, -0.25) is 4.79 Å². The lowest BCUT2D eigenvalue weighted by Gasteiger charge is -2.23. The molecule has 1 amide bonds. The van der Waals surface area contributed by atoms with E-state index < -0.39 is 10.0 Å². The molecule has 142 valence electrons. The molecule has 3 aliphatic rings. The average Bonchev–Trinajstić information content (AvgIpc) is 3.54. The number of carbonyl (C=O) groups is 1. The second-order valence-electron chi connectivity index (χ2n) is 7.62. The van der Waals surface area contributed by atoms with Gasteiger partial charge in [-0.2, -0.15) is 0 Å². The Bertz CT molecular complexity index is 814. The first-order valence-corrected chi connectivity index (χ1v) is 10.6. The molecule has 7 nitrogen and oxygen atoms in total. The van der Waals surface area contributed by atoms with E-state index in [0.717, 1.165) is 45.2 Å². The molecule has 2 saturated carbocycles. The van der Waals surface area contributed by atoms with E-state index in [0.29, 0.717) is 11.4 Å². The normalized spacial score (nSPS) is 24.3. The van der Waals surface area contributed by atoms with Crippen molar-refractivity contribution in [2.24, 2.45) is 11.3 Å². The van der Waals surface area contributed by atoms with Gasteiger partial charge in [-0.15, -0.1) is 0 Å². The molecule has 3 N–H and O–H groups in total. The van der Waals surface area contributed by atoms with Crippen LogP contribution in [0.3, 0.4) is 0 Å². The third kappa shape index (κ3) is 3.45. The van der Waals surface area contributed by atoms with Crippen molar-refractivity contribution < 1.29 is 17.9 Å². The third-order valence-electron chi connectivity index (χ3n) is 5.74. The summed E-state index contributed by atoms with van der Waals surface area (Å²) in [7, 11) is -2.07. The number of amides is 1. The first-order valence-electron chi connectivity index (χ1n) is 9.15. The van der Waals surface area contributed by atoms with E-state index in [1.54, 1.807) is 6.07 Å². The van der Waals surface area contributed by atoms with Gasteiger partial charge in [0.05, 0.1) is 17.7 Å². The Labute approximate surface area is 153 Å². The summed E-state index contributed by atoms with van der Waals surface area (Å²) >= 11 is 0. The van der Waals surface area contributed by atoms with E-state index in [2.05, 4.69) is 15.4 Å². The van der Waals surface area contributed by atoms with Crippen molar-refractivity contribution >= 4 is 21.6 Å². The number of carbonyl (C=O) groups excluding carboxylic acids is 1. The maximum atomic E-state index is 12.7.